The molecule has 0 radical (unpaired) electrons. The number of hydrogen-bond donors (Lipinski definition) is 1. The fourth-order valence-electron chi connectivity index (χ4n) is 3.17. The third-order valence-corrected chi connectivity index (χ3v) is 4.74. The summed E-state index contributed by atoms with van der Waals surface area (Å²) >= 11 is 0. The van der Waals surface area contributed by atoms with Crippen LogP contribution in [0.2, 0.25) is 0 Å². The van der Waals surface area contributed by atoms with E-state index in [-0.39, 0.29) is 5.57 Å². The summed E-state index contributed by atoms with van der Waals surface area (Å²) in [4.78, 5) is 38.8. The molecule has 1 aliphatic rings. The van der Waals surface area contributed by atoms with Crippen LogP contribution in [0.5, 0.6) is 17.2 Å². The molecular formula is C22H22N2O6. The van der Waals surface area contributed by atoms with Crippen molar-refractivity contribution in [1.82, 2.24) is 5.32 Å². The summed E-state index contributed by atoms with van der Waals surface area (Å²) in [7, 11) is 4.38. The maximum atomic E-state index is 13.1. The first-order valence-corrected chi connectivity index (χ1v) is 9.24. The van der Waals surface area contributed by atoms with Crippen molar-refractivity contribution < 1.29 is 28.6 Å². The van der Waals surface area contributed by atoms with Gasteiger partial charge in [-0.15, -0.1) is 0 Å². The summed E-state index contributed by atoms with van der Waals surface area (Å²) < 4.78 is 16.0. The Hall–Kier alpha value is -3.81. The number of nitrogens with zero attached hydrogens (tertiary/aromatic N) is 1. The minimum absolute atomic E-state index is 0.209. The summed E-state index contributed by atoms with van der Waals surface area (Å²) in [6.07, 6.45) is 2.18. The van der Waals surface area contributed by atoms with Crippen LogP contribution in [-0.2, 0) is 16.0 Å². The molecule has 8 nitrogen and oxygen atoms in total. The van der Waals surface area contributed by atoms with Crippen LogP contribution < -0.4 is 24.4 Å². The van der Waals surface area contributed by atoms with E-state index in [0.717, 1.165) is 16.9 Å². The lowest BCUT2D eigenvalue weighted by Gasteiger charge is -2.26. The Bertz CT molecular complexity index is 1030. The lowest BCUT2D eigenvalue weighted by Crippen LogP contribution is -2.54. The number of anilines is 1. The quantitative estimate of drug-likeness (QED) is 0.581. The maximum absolute atomic E-state index is 13.1. The molecule has 2 aromatic carbocycles. The third-order valence-electron chi connectivity index (χ3n) is 4.74. The lowest BCUT2D eigenvalue weighted by atomic mass is 10.0. The fourth-order valence-corrected chi connectivity index (χ4v) is 3.17. The minimum atomic E-state index is -0.800. The van der Waals surface area contributed by atoms with Gasteiger partial charge in [0.2, 0.25) is 5.75 Å². The van der Waals surface area contributed by atoms with Gasteiger partial charge in [0.25, 0.3) is 11.8 Å². The smallest absolute Gasteiger partial charge is 0.335 e. The molecule has 0 bridgehead atoms. The molecule has 0 aliphatic carbocycles. The van der Waals surface area contributed by atoms with Crippen LogP contribution in [0.4, 0.5) is 10.5 Å². The number of amides is 4. The van der Waals surface area contributed by atoms with E-state index in [1.807, 2.05) is 19.1 Å². The number of carbonyl (C=O) groups excluding carboxylic acids is 3. The standard InChI is InChI=1S/C22H22N2O6/c1-5-13-6-9-15(10-7-13)24-21(26)16(20(25)23-22(24)27)12-14-8-11-17(28-2)19(30-4)18(14)29-3/h6-12H,5H2,1-4H3,(H,23,25,27)/b16-12+. The number of urea groups is 1. The van der Waals surface area contributed by atoms with Gasteiger partial charge in [-0.1, -0.05) is 19.1 Å². The van der Waals surface area contributed by atoms with Gasteiger partial charge >= 0.3 is 6.03 Å². The van der Waals surface area contributed by atoms with Crippen LogP contribution in [-0.4, -0.2) is 39.2 Å². The number of methoxy groups -OCH3 is 3. The monoisotopic (exact) mass is 410 g/mol. The molecule has 8 heteroatoms. The van der Waals surface area contributed by atoms with Crippen LogP contribution in [0.15, 0.2) is 42.0 Å². The zero-order chi connectivity index (χ0) is 21.8. The minimum Gasteiger partial charge on any atom is -0.493 e. The normalized spacial score (nSPS) is 15.3. The number of imide groups is 2. The van der Waals surface area contributed by atoms with E-state index in [4.69, 9.17) is 14.2 Å². The van der Waals surface area contributed by atoms with Gasteiger partial charge in [-0.2, -0.15) is 0 Å². The second-order valence-electron chi connectivity index (χ2n) is 6.40. The zero-order valence-corrected chi connectivity index (χ0v) is 17.1. The van der Waals surface area contributed by atoms with Gasteiger partial charge in [-0.05, 0) is 42.3 Å². The topological polar surface area (TPSA) is 94.2 Å². The molecule has 1 heterocycles. The molecule has 1 aliphatic heterocycles. The van der Waals surface area contributed by atoms with Crippen LogP contribution in [0.25, 0.3) is 6.08 Å². The number of ether oxygens (including phenoxy) is 3. The molecule has 30 heavy (non-hydrogen) atoms. The van der Waals surface area contributed by atoms with Gasteiger partial charge < -0.3 is 14.2 Å². The van der Waals surface area contributed by atoms with Gasteiger partial charge in [0.05, 0.1) is 27.0 Å². The number of nitrogens with one attached hydrogen (secondary N) is 1. The van der Waals surface area contributed by atoms with Gasteiger partial charge in [0.1, 0.15) is 5.57 Å². The summed E-state index contributed by atoms with van der Waals surface area (Å²) in [5.74, 6) is -0.473. The molecular weight excluding hydrogens is 388 g/mol. The first-order chi connectivity index (χ1) is 14.4. The number of aryl methyl sites for hydroxylation is 1. The Morgan fingerprint density at radius 3 is 2.13 bits per heavy atom. The average molecular weight is 410 g/mol. The number of hydrogen-bond acceptors (Lipinski definition) is 6. The van der Waals surface area contributed by atoms with Crippen LogP contribution in [0.1, 0.15) is 18.1 Å². The Balaban J connectivity index is 2.06. The summed E-state index contributed by atoms with van der Waals surface area (Å²) in [6.45, 7) is 2.00. The largest absolute Gasteiger partial charge is 0.493 e. The molecule has 0 saturated carbocycles. The number of carbonyl (C=O) groups is 3. The Morgan fingerprint density at radius 1 is 0.900 bits per heavy atom. The molecule has 1 saturated heterocycles. The predicted molar refractivity (Wildman–Crippen MR) is 111 cm³/mol. The Morgan fingerprint density at radius 2 is 1.57 bits per heavy atom. The molecule has 0 unspecified atom stereocenters. The number of benzene rings is 2. The van der Waals surface area contributed by atoms with Crippen molar-refractivity contribution in [2.75, 3.05) is 26.2 Å². The van der Waals surface area contributed by atoms with Gasteiger partial charge in [0.15, 0.2) is 11.5 Å². The van der Waals surface area contributed by atoms with E-state index in [1.165, 1.54) is 27.4 Å². The van der Waals surface area contributed by atoms with Crippen LogP contribution in [0, 0.1) is 0 Å². The SMILES string of the molecule is CCc1ccc(N2C(=O)NC(=O)/C(=C\c3ccc(OC)c(OC)c3OC)C2=O)cc1. The van der Waals surface area contributed by atoms with Crippen molar-refractivity contribution >= 4 is 29.6 Å². The van der Waals surface area contributed by atoms with E-state index in [0.29, 0.717) is 28.5 Å². The van der Waals surface area contributed by atoms with Crippen molar-refractivity contribution in [3.8, 4) is 17.2 Å². The number of rotatable bonds is 6. The molecule has 156 valence electrons. The van der Waals surface area contributed by atoms with Gasteiger partial charge in [-0.3, -0.25) is 14.9 Å². The Labute approximate surface area is 174 Å². The highest BCUT2D eigenvalue weighted by atomic mass is 16.5. The average Bonchev–Trinajstić information content (AvgIpc) is 2.76. The lowest BCUT2D eigenvalue weighted by molar-refractivity contribution is -0.122. The predicted octanol–water partition coefficient (Wildman–Crippen LogP) is 2.94. The van der Waals surface area contributed by atoms with E-state index in [9.17, 15) is 14.4 Å². The van der Waals surface area contributed by atoms with Crippen LogP contribution in [0.3, 0.4) is 0 Å². The number of barbiturate groups is 1. The summed E-state index contributed by atoms with van der Waals surface area (Å²) in [5, 5.41) is 2.21. The molecule has 1 N–H and O–H groups in total. The zero-order valence-electron chi connectivity index (χ0n) is 17.1. The van der Waals surface area contributed by atoms with E-state index < -0.39 is 17.8 Å². The second kappa shape index (κ2) is 8.69. The molecule has 0 spiro atoms. The molecule has 2 aromatic rings. The summed E-state index contributed by atoms with van der Waals surface area (Å²) in [6, 6.07) is 9.45. The van der Waals surface area contributed by atoms with Crippen LogP contribution >= 0.6 is 0 Å². The molecule has 4 amide bonds. The van der Waals surface area contributed by atoms with E-state index in [1.54, 1.807) is 24.3 Å². The fraction of sp³-hybridized carbons (Fsp3) is 0.227. The van der Waals surface area contributed by atoms with Gasteiger partial charge in [-0.25, -0.2) is 9.69 Å². The van der Waals surface area contributed by atoms with Gasteiger partial charge in [0, 0.05) is 5.56 Å². The highest BCUT2D eigenvalue weighted by Gasteiger charge is 2.37. The summed E-state index contributed by atoms with van der Waals surface area (Å²) in [5.41, 5.74) is 1.64. The van der Waals surface area contributed by atoms with Crippen molar-refractivity contribution in [1.29, 1.82) is 0 Å². The molecule has 1 fully saturated rings. The van der Waals surface area contributed by atoms with E-state index >= 15 is 0 Å². The highest BCUT2D eigenvalue weighted by molar-refractivity contribution is 6.39. The maximum Gasteiger partial charge on any atom is 0.335 e. The third kappa shape index (κ3) is 3.71. The molecule has 0 atom stereocenters. The highest BCUT2D eigenvalue weighted by Crippen LogP contribution is 2.40. The van der Waals surface area contributed by atoms with Crippen molar-refractivity contribution in [2.24, 2.45) is 0 Å². The van der Waals surface area contributed by atoms with Crippen molar-refractivity contribution in [3.05, 3.63) is 53.1 Å². The molecule has 3 rings (SSSR count). The second-order valence-corrected chi connectivity index (χ2v) is 6.40. The van der Waals surface area contributed by atoms with Crippen molar-refractivity contribution in [2.45, 2.75) is 13.3 Å². The first-order valence-electron chi connectivity index (χ1n) is 9.24. The Kier molecular flexibility index (Phi) is 6.06. The first kappa shape index (κ1) is 20.9. The van der Waals surface area contributed by atoms with Crippen molar-refractivity contribution in [3.63, 3.8) is 0 Å². The van der Waals surface area contributed by atoms with E-state index in [2.05, 4.69) is 5.32 Å². The molecule has 0 aromatic heterocycles.